The molecule has 1 aliphatic carbocycles. The zero-order valence-electron chi connectivity index (χ0n) is 12.2. The number of benzene rings is 1. The smallest absolute Gasteiger partial charge is 0.227 e. The van der Waals surface area contributed by atoms with Crippen molar-refractivity contribution in [2.24, 2.45) is 11.7 Å². The standard InChI is InChI=1S/C16H22N2O2/c1-10-4-7-15(20-3)14(8-10)11(2)18-16(19)12-5-6-13(17)9-12/h4-8,11-13H,9,17H2,1-3H3,(H,18,19). The molecule has 2 rings (SSSR count). The van der Waals surface area contributed by atoms with Gasteiger partial charge in [-0.3, -0.25) is 4.79 Å². The average molecular weight is 274 g/mol. The van der Waals surface area contributed by atoms with E-state index in [9.17, 15) is 4.79 Å². The number of nitrogens with one attached hydrogen (secondary N) is 1. The van der Waals surface area contributed by atoms with Crippen molar-refractivity contribution in [2.75, 3.05) is 7.11 Å². The van der Waals surface area contributed by atoms with Gasteiger partial charge in [0.1, 0.15) is 5.75 Å². The van der Waals surface area contributed by atoms with Crippen molar-refractivity contribution in [2.45, 2.75) is 32.4 Å². The van der Waals surface area contributed by atoms with E-state index in [4.69, 9.17) is 10.5 Å². The van der Waals surface area contributed by atoms with Gasteiger partial charge < -0.3 is 15.8 Å². The van der Waals surface area contributed by atoms with Crippen LogP contribution in [0.2, 0.25) is 0 Å². The summed E-state index contributed by atoms with van der Waals surface area (Å²) < 4.78 is 5.36. The Morgan fingerprint density at radius 3 is 2.80 bits per heavy atom. The van der Waals surface area contributed by atoms with Crippen molar-refractivity contribution in [3.63, 3.8) is 0 Å². The summed E-state index contributed by atoms with van der Waals surface area (Å²) in [5.41, 5.74) is 7.92. The number of carbonyl (C=O) groups excluding carboxylic acids is 1. The molecule has 0 radical (unpaired) electrons. The summed E-state index contributed by atoms with van der Waals surface area (Å²) in [6.45, 7) is 3.99. The van der Waals surface area contributed by atoms with Gasteiger partial charge in [0.05, 0.1) is 19.1 Å². The van der Waals surface area contributed by atoms with Gasteiger partial charge in [0.25, 0.3) is 0 Å². The normalized spacial score (nSPS) is 22.6. The number of aryl methyl sites for hydroxylation is 1. The molecule has 1 aromatic carbocycles. The lowest BCUT2D eigenvalue weighted by atomic mass is 10.0. The Morgan fingerprint density at radius 2 is 2.20 bits per heavy atom. The maximum Gasteiger partial charge on any atom is 0.227 e. The van der Waals surface area contributed by atoms with Gasteiger partial charge in [0.2, 0.25) is 5.91 Å². The predicted molar refractivity (Wildman–Crippen MR) is 79.5 cm³/mol. The lowest BCUT2D eigenvalue weighted by Gasteiger charge is -2.20. The van der Waals surface area contributed by atoms with Crippen molar-refractivity contribution in [1.29, 1.82) is 0 Å². The molecule has 0 saturated carbocycles. The van der Waals surface area contributed by atoms with Gasteiger partial charge in [-0.05, 0) is 26.3 Å². The Bertz CT molecular complexity index is 525. The minimum atomic E-state index is -0.122. The third kappa shape index (κ3) is 3.20. The van der Waals surface area contributed by atoms with E-state index in [0.717, 1.165) is 16.9 Å². The van der Waals surface area contributed by atoms with Gasteiger partial charge in [0.15, 0.2) is 0 Å². The first-order valence-electron chi connectivity index (χ1n) is 6.90. The summed E-state index contributed by atoms with van der Waals surface area (Å²) in [5, 5.41) is 3.03. The molecule has 20 heavy (non-hydrogen) atoms. The summed E-state index contributed by atoms with van der Waals surface area (Å²) in [7, 11) is 1.64. The van der Waals surface area contributed by atoms with Crippen LogP contribution < -0.4 is 15.8 Å². The number of hydrogen-bond acceptors (Lipinski definition) is 3. The van der Waals surface area contributed by atoms with E-state index >= 15 is 0 Å². The maximum absolute atomic E-state index is 12.2. The molecule has 1 aliphatic rings. The highest BCUT2D eigenvalue weighted by Gasteiger charge is 2.24. The molecule has 1 amide bonds. The summed E-state index contributed by atoms with van der Waals surface area (Å²) in [6, 6.07) is 5.87. The van der Waals surface area contributed by atoms with Crippen LogP contribution in [0.15, 0.2) is 30.4 Å². The van der Waals surface area contributed by atoms with Gasteiger partial charge in [-0.25, -0.2) is 0 Å². The third-order valence-electron chi connectivity index (χ3n) is 3.66. The molecule has 0 spiro atoms. The van der Waals surface area contributed by atoms with Crippen LogP contribution in [0.1, 0.15) is 30.5 Å². The highest BCUT2D eigenvalue weighted by atomic mass is 16.5. The number of hydrogen-bond donors (Lipinski definition) is 2. The van der Waals surface area contributed by atoms with Crippen LogP contribution in [0.3, 0.4) is 0 Å². The van der Waals surface area contributed by atoms with E-state index in [1.165, 1.54) is 0 Å². The summed E-state index contributed by atoms with van der Waals surface area (Å²) >= 11 is 0. The fraction of sp³-hybridized carbons (Fsp3) is 0.438. The van der Waals surface area contributed by atoms with Crippen LogP contribution in [0.25, 0.3) is 0 Å². The molecule has 4 heteroatoms. The van der Waals surface area contributed by atoms with E-state index in [1.807, 2.05) is 44.2 Å². The number of ether oxygens (including phenoxy) is 1. The van der Waals surface area contributed by atoms with Gasteiger partial charge >= 0.3 is 0 Å². The molecule has 3 N–H and O–H groups in total. The number of amides is 1. The lowest BCUT2D eigenvalue weighted by molar-refractivity contribution is -0.124. The van der Waals surface area contributed by atoms with Crippen LogP contribution in [-0.4, -0.2) is 19.1 Å². The molecule has 0 fully saturated rings. The molecule has 0 bridgehead atoms. The molecule has 0 aromatic heterocycles. The SMILES string of the molecule is COc1ccc(C)cc1C(C)NC(=O)C1C=CC(N)C1. The fourth-order valence-electron chi connectivity index (χ4n) is 2.51. The number of nitrogens with two attached hydrogens (primary N) is 1. The second-order valence-corrected chi connectivity index (χ2v) is 5.37. The number of rotatable bonds is 4. The first-order valence-corrected chi connectivity index (χ1v) is 6.90. The van der Waals surface area contributed by atoms with Crippen molar-refractivity contribution in [3.05, 3.63) is 41.5 Å². The number of carbonyl (C=O) groups is 1. The highest BCUT2D eigenvalue weighted by Crippen LogP contribution is 2.27. The van der Waals surface area contributed by atoms with Crippen molar-refractivity contribution < 1.29 is 9.53 Å². The Labute approximate surface area is 120 Å². The Morgan fingerprint density at radius 1 is 1.45 bits per heavy atom. The number of methoxy groups -OCH3 is 1. The molecular weight excluding hydrogens is 252 g/mol. The zero-order valence-corrected chi connectivity index (χ0v) is 12.2. The molecule has 3 unspecified atom stereocenters. The van der Waals surface area contributed by atoms with Gasteiger partial charge in [-0.2, -0.15) is 0 Å². The van der Waals surface area contributed by atoms with E-state index in [1.54, 1.807) is 7.11 Å². The van der Waals surface area contributed by atoms with Gasteiger partial charge in [-0.1, -0.05) is 29.8 Å². The largest absolute Gasteiger partial charge is 0.496 e. The zero-order chi connectivity index (χ0) is 14.7. The molecule has 3 atom stereocenters. The van der Waals surface area contributed by atoms with E-state index in [0.29, 0.717) is 6.42 Å². The monoisotopic (exact) mass is 274 g/mol. The molecule has 0 saturated heterocycles. The Kier molecular flexibility index (Phi) is 4.45. The van der Waals surface area contributed by atoms with Crippen LogP contribution in [0.4, 0.5) is 0 Å². The highest BCUT2D eigenvalue weighted by molar-refractivity contribution is 5.81. The Balaban J connectivity index is 2.08. The topological polar surface area (TPSA) is 64.3 Å². The van der Waals surface area contributed by atoms with E-state index < -0.39 is 0 Å². The molecule has 0 aliphatic heterocycles. The van der Waals surface area contributed by atoms with Crippen LogP contribution in [0, 0.1) is 12.8 Å². The Hall–Kier alpha value is -1.81. The minimum Gasteiger partial charge on any atom is -0.496 e. The predicted octanol–water partition coefficient (Wildman–Crippen LogP) is 2.08. The second-order valence-electron chi connectivity index (χ2n) is 5.37. The van der Waals surface area contributed by atoms with Crippen LogP contribution in [0.5, 0.6) is 5.75 Å². The third-order valence-corrected chi connectivity index (χ3v) is 3.66. The van der Waals surface area contributed by atoms with Crippen molar-refractivity contribution >= 4 is 5.91 Å². The molecule has 4 nitrogen and oxygen atoms in total. The van der Waals surface area contributed by atoms with E-state index in [2.05, 4.69) is 5.32 Å². The van der Waals surface area contributed by atoms with Crippen LogP contribution >= 0.6 is 0 Å². The van der Waals surface area contributed by atoms with Crippen molar-refractivity contribution in [3.8, 4) is 5.75 Å². The summed E-state index contributed by atoms with van der Waals surface area (Å²) in [6.07, 6.45) is 4.46. The van der Waals surface area contributed by atoms with Gasteiger partial charge in [-0.15, -0.1) is 0 Å². The van der Waals surface area contributed by atoms with Gasteiger partial charge in [0, 0.05) is 11.6 Å². The van der Waals surface area contributed by atoms with Crippen molar-refractivity contribution in [1.82, 2.24) is 5.32 Å². The first-order chi connectivity index (χ1) is 9.51. The second kappa shape index (κ2) is 6.09. The minimum absolute atomic E-state index is 0.00504. The van der Waals surface area contributed by atoms with E-state index in [-0.39, 0.29) is 23.9 Å². The molecule has 1 aromatic rings. The van der Waals surface area contributed by atoms with Crippen LogP contribution in [-0.2, 0) is 4.79 Å². The molecule has 0 heterocycles. The maximum atomic E-state index is 12.2. The summed E-state index contributed by atoms with van der Waals surface area (Å²) in [4.78, 5) is 12.2. The molecule has 108 valence electrons. The lowest BCUT2D eigenvalue weighted by Crippen LogP contribution is -2.32. The molecular formula is C16H22N2O2. The quantitative estimate of drug-likeness (QED) is 0.826. The fourth-order valence-corrected chi connectivity index (χ4v) is 2.51. The summed E-state index contributed by atoms with van der Waals surface area (Å²) in [5.74, 6) is 0.690. The average Bonchev–Trinajstić information content (AvgIpc) is 2.85. The first kappa shape index (κ1) is 14.6.